The lowest BCUT2D eigenvalue weighted by molar-refractivity contribution is -0.144. The molecule has 0 bridgehead atoms. The third-order valence-corrected chi connectivity index (χ3v) is 4.18. The van der Waals surface area contributed by atoms with Gasteiger partial charge in [-0.25, -0.2) is 4.79 Å². The number of esters is 2. The first kappa shape index (κ1) is 23.4. The van der Waals surface area contributed by atoms with Crippen LogP contribution in [0, 0.1) is 0 Å². The summed E-state index contributed by atoms with van der Waals surface area (Å²) in [6, 6.07) is 8.00. The number of methoxy groups -OCH3 is 2. The predicted molar refractivity (Wildman–Crippen MR) is 109 cm³/mol. The topological polar surface area (TPSA) is 138 Å². The highest BCUT2D eigenvalue weighted by Crippen LogP contribution is 2.19. The number of carbonyl (C=O) groups excluding carboxylic acids is 4. The third kappa shape index (κ3) is 7.46. The van der Waals surface area contributed by atoms with E-state index in [9.17, 15) is 19.2 Å². The number of hydrogen-bond donors (Lipinski definition) is 2. The van der Waals surface area contributed by atoms with Crippen molar-refractivity contribution >= 4 is 35.3 Å². The molecule has 0 aliphatic heterocycles. The van der Waals surface area contributed by atoms with E-state index >= 15 is 0 Å². The van der Waals surface area contributed by atoms with Crippen LogP contribution in [0.4, 0.5) is 16.2 Å². The second-order valence-corrected chi connectivity index (χ2v) is 6.45. The van der Waals surface area contributed by atoms with Gasteiger partial charge in [-0.15, -0.1) is 0 Å². The fourth-order valence-corrected chi connectivity index (χ4v) is 2.54. The minimum Gasteiger partial charge on any atom is -0.469 e. The second kappa shape index (κ2) is 11.3. The Kier molecular flexibility index (Phi) is 8.55. The van der Waals surface area contributed by atoms with Crippen molar-refractivity contribution in [2.45, 2.75) is 31.9 Å². The number of para-hydroxylation sites is 1. The normalized spacial score (nSPS) is 11.4. The first-order valence-electron chi connectivity index (χ1n) is 9.33. The van der Waals surface area contributed by atoms with E-state index in [-0.39, 0.29) is 12.8 Å². The van der Waals surface area contributed by atoms with E-state index < -0.39 is 36.1 Å². The van der Waals surface area contributed by atoms with Crippen molar-refractivity contribution < 1.29 is 33.4 Å². The highest BCUT2D eigenvalue weighted by molar-refractivity contribution is 5.96. The van der Waals surface area contributed by atoms with Gasteiger partial charge in [-0.2, -0.15) is 5.10 Å². The lowest BCUT2D eigenvalue weighted by atomic mass is 10.1. The van der Waals surface area contributed by atoms with Gasteiger partial charge >= 0.3 is 18.0 Å². The summed E-state index contributed by atoms with van der Waals surface area (Å²) >= 11 is 0. The van der Waals surface area contributed by atoms with Gasteiger partial charge in [-0.05, 0) is 19.1 Å². The molecule has 2 N–H and O–H groups in total. The number of ether oxygens (including phenoxy) is 3. The maximum absolute atomic E-state index is 12.3. The summed E-state index contributed by atoms with van der Waals surface area (Å²) in [5.41, 5.74) is 0.826. The van der Waals surface area contributed by atoms with Crippen LogP contribution >= 0.6 is 0 Å². The highest BCUT2D eigenvalue weighted by atomic mass is 16.6. The van der Waals surface area contributed by atoms with E-state index in [4.69, 9.17) is 4.74 Å². The maximum Gasteiger partial charge on any atom is 0.412 e. The SMILES string of the molecule is COC(=O)CC(CC(=O)OC)n1cc(NC(=O)C(C)OC(=O)Nc2ccccc2)cn1. The molecule has 1 unspecified atom stereocenters. The van der Waals surface area contributed by atoms with Crippen LogP contribution in [0.3, 0.4) is 0 Å². The van der Waals surface area contributed by atoms with Crippen molar-refractivity contribution in [1.82, 2.24) is 9.78 Å². The quantitative estimate of drug-likeness (QED) is 0.454. The molecule has 0 saturated carbocycles. The van der Waals surface area contributed by atoms with Crippen LogP contribution in [0.15, 0.2) is 42.7 Å². The third-order valence-electron chi connectivity index (χ3n) is 4.18. The number of nitrogens with zero attached hydrogens (tertiary/aromatic N) is 2. The molecule has 0 spiro atoms. The van der Waals surface area contributed by atoms with Crippen LogP contribution in [0.5, 0.6) is 0 Å². The minimum absolute atomic E-state index is 0.111. The summed E-state index contributed by atoms with van der Waals surface area (Å²) in [5.74, 6) is -1.64. The van der Waals surface area contributed by atoms with Crippen molar-refractivity contribution in [3.05, 3.63) is 42.7 Å². The molecule has 0 fully saturated rings. The molecule has 1 atom stereocenters. The molecular formula is C20H24N4O7. The monoisotopic (exact) mass is 432 g/mol. The number of carbonyl (C=O) groups is 4. The van der Waals surface area contributed by atoms with Crippen molar-refractivity contribution in [3.63, 3.8) is 0 Å². The molecule has 11 nitrogen and oxygen atoms in total. The summed E-state index contributed by atoms with van der Waals surface area (Å²) in [6.45, 7) is 1.42. The van der Waals surface area contributed by atoms with Gasteiger partial charge in [-0.1, -0.05) is 18.2 Å². The van der Waals surface area contributed by atoms with Crippen LogP contribution in [0.2, 0.25) is 0 Å². The smallest absolute Gasteiger partial charge is 0.412 e. The molecule has 0 saturated heterocycles. The molecule has 2 amide bonds. The van der Waals surface area contributed by atoms with Crippen molar-refractivity contribution in [1.29, 1.82) is 0 Å². The summed E-state index contributed by atoms with van der Waals surface area (Å²) in [4.78, 5) is 47.5. The molecule has 166 valence electrons. The number of hydrogen-bond acceptors (Lipinski definition) is 8. The van der Waals surface area contributed by atoms with E-state index in [2.05, 4.69) is 25.2 Å². The molecule has 31 heavy (non-hydrogen) atoms. The van der Waals surface area contributed by atoms with Gasteiger partial charge in [0.1, 0.15) is 0 Å². The Labute approximate surface area is 178 Å². The van der Waals surface area contributed by atoms with Crippen LogP contribution in [-0.2, 0) is 28.6 Å². The average molecular weight is 432 g/mol. The van der Waals surface area contributed by atoms with Gasteiger partial charge < -0.3 is 19.5 Å². The van der Waals surface area contributed by atoms with Gasteiger partial charge in [0.15, 0.2) is 6.10 Å². The number of amides is 2. The van der Waals surface area contributed by atoms with Crippen molar-refractivity contribution in [2.75, 3.05) is 24.9 Å². The molecule has 0 radical (unpaired) electrons. The van der Waals surface area contributed by atoms with Gasteiger partial charge in [0.25, 0.3) is 5.91 Å². The van der Waals surface area contributed by atoms with Crippen LogP contribution in [-0.4, -0.2) is 54.0 Å². The largest absolute Gasteiger partial charge is 0.469 e. The summed E-state index contributed by atoms with van der Waals surface area (Å²) in [7, 11) is 2.48. The Bertz CT molecular complexity index is 895. The zero-order valence-corrected chi connectivity index (χ0v) is 17.4. The fraction of sp³-hybridized carbons (Fsp3) is 0.350. The van der Waals surface area contributed by atoms with E-state index in [0.29, 0.717) is 11.4 Å². The first-order valence-corrected chi connectivity index (χ1v) is 9.33. The zero-order valence-electron chi connectivity index (χ0n) is 17.4. The zero-order chi connectivity index (χ0) is 22.8. The summed E-state index contributed by atoms with van der Waals surface area (Å²) in [6.07, 6.45) is 0.704. The van der Waals surface area contributed by atoms with Gasteiger partial charge in [0, 0.05) is 11.9 Å². The Morgan fingerprint density at radius 1 is 0.968 bits per heavy atom. The number of anilines is 2. The Balaban J connectivity index is 1.96. The first-order chi connectivity index (χ1) is 14.8. The Morgan fingerprint density at radius 3 is 2.16 bits per heavy atom. The minimum atomic E-state index is -1.09. The molecule has 1 aromatic heterocycles. The second-order valence-electron chi connectivity index (χ2n) is 6.45. The van der Waals surface area contributed by atoms with Crippen LogP contribution in [0.1, 0.15) is 25.8 Å². The summed E-state index contributed by atoms with van der Waals surface area (Å²) in [5, 5.41) is 9.16. The van der Waals surface area contributed by atoms with E-state index in [1.807, 2.05) is 0 Å². The van der Waals surface area contributed by atoms with Crippen molar-refractivity contribution in [2.24, 2.45) is 0 Å². The van der Waals surface area contributed by atoms with Gasteiger partial charge in [0.05, 0.1) is 45.0 Å². The number of aromatic nitrogens is 2. The Morgan fingerprint density at radius 2 is 1.58 bits per heavy atom. The molecule has 2 aromatic rings. The van der Waals surface area contributed by atoms with Crippen LogP contribution < -0.4 is 10.6 Å². The van der Waals surface area contributed by atoms with Gasteiger partial charge in [-0.3, -0.25) is 24.4 Å². The average Bonchev–Trinajstić information content (AvgIpc) is 3.21. The molecule has 0 aliphatic carbocycles. The lowest BCUT2D eigenvalue weighted by Gasteiger charge is -2.15. The van der Waals surface area contributed by atoms with Crippen LogP contribution in [0.25, 0.3) is 0 Å². The summed E-state index contributed by atoms with van der Waals surface area (Å²) < 4.78 is 15.7. The standard InChI is InChI=1S/C20H24N4O7/c1-13(31-20(28)23-14-7-5-4-6-8-14)19(27)22-15-11-21-24(12-15)16(9-17(25)29-2)10-18(26)30-3/h4-8,11-13,16H,9-10H2,1-3H3,(H,22,27)(H,23,28). The number of rotatable bonds is 9. The highest BCUT2D eigenvalue weighted by Gasteiger charge is 2.23. The number of nitrogens with one attached hydrogen (secondary N) is 2. The predicted octanol–water partition coefficient (Wildman–Crippen LogP) is 2.13. The fourth-order valence-electron chi connectivity index (χ4n) is 2.54. The molecule has 11 heteroatoms. The Hall–Kier alpha value is -3.89. The molecule has 1 aromatic carbocycles. The molecule has 1 heterocycles. The molecule has 0 aliphatic rings. The number of benzene rings is 1. The van der Waals surface area contributed by atoms with E-state index in [1.54, 1.807) is 30.3 Å². The molecule has 2 rings (SSSR count). The van der Waals surface area contributed by atoms with Crippen molar-refractivity contribution in [3.8, 4) is 0 Å². The molecular weight excluding hydrogens is 408 g/mol. The lowest BCUT2D eigenvalue weighted by Crippen LogP contribution is -2.31. The van der Waals surface area contributed by atoms with Gasteiger partial charge in [0.2, 0.25) is 0 Å². The van der Waals surface area contributed by atoms with E-state index in [0.717, 1.165) is 0 Å². The maximum atomic E-state index is 12.3. The van der Waals surface area contributed by atoms with E-state index in [1.165, 1.54) is 38.2 Å².